The van der Waals surface area contributed by atoms with E-state index in [0.29, 0.717) is 5.41 Å². The maximum Gasteiger partial charge on any atom is 0.0671 e. The number of rotatable bonds is 2. The Morgan fingerprint density at radius 1 is 1.04 bits per heavy atom. The highest BCUT2D eigenvalue weighted by Gasteiger charge is 2.49. The van der Waals surface area contributed by atoms with Crippen LogP contribution >= 0.6 is 0 Å². The fraction of sp³-hybridized carbons (Fsp3) is 0.292. The van der Waals surface area contributed by atoms with Crippen molar-refractivity contribution in [2.24, 2.45) is 11.3 Å². The summed E-state index contributed by atoms with van der Waals surface area (Å²) in [5.41, 5.74) is 4.51. The molecule has 0 radical (unpaired) electrons. The third kappa shape index (κ3) is 2.26. The van der Waals surface area contributed by atoms with Crippen molar-refractivity contribution in [3.8, 4) is 0 Å². The van der Waals surface area contributed by atoms with Crippen LogP contribution in [-0.2, 0) is 0 Å². The molecule has 2 unspecified atom stereocenters. The molecular formula is C24H23N. The van der Waals surface area contributed by atoms with E-state index in [9.17, 15) is 0 Å². The first-order valence-electron chi connectivity index (χ1n) is 9.35. The van der Waals surface area contributed by atoms with Gasteiger partial charge in [-0.05, 0) is 64.0 Å². The molecule has 2 atom stereocenters. The molecular weight excluding hydrogens is 302 g/mol. The van der Waals surface area contributed by atoms with Crippen LogP contribution in [0.15, 0.2) is 66.4 Å². The quantitative estimate of drug-likeness (QED) is 0.488. The van der Waals surface area contributed by atoms with Gasteiger partial charge in [0, 0.05) is 11.6 Å². The van der Waals surface area contributed by atoms with Crippen molar-refractivity contribution in [2.75, 3.05) is 0 Å². The van der Waals surface area contributed by atoms with Crippen LogP contribution in [0.3, 0.4) is 0 Å². The highest BCUT2D eigenvalue weighted by molar-refractivity contribution is 6.07. The van der Waals surface area contributed by atoms with Crippen LogP contribution in [0.4, 0.5) is 0 Å². The molecule has 1 heterocycles. The molecule has 0 bridgehead atoms. The number of hydrogen-bond donors (Lipinski definition) is 0. The van der Waals surface area contributed by atoms with Gasteiger partial charge in [0.25, 0.3) is 0 Å². The van der Waals surface area contributed by atoms with Crippen LogP contribution in [0.25, 0.3) is 27.1 Å². The Hall–Kier alpha value is -2.41. The molecule has 2 aromatic carbocycles. The molecule has 0 amide bonds. The van der Waals surface area contributed by atoms with Crippen molar-refractivity contribution in [3.63, 3.8) is 0 Å². The lowest BCUT2D eigenvalue weighted by molar-refractivity contribution is 0.630. The van der Waals surface area contributed by atoms with E-state index in [1.54, 1.807) is 0 Å². The van der Waals surface area contributed by atoms with Crippen LogP contribution in [0.1, 0.15) is 38.8 Å². The minimum Gasteiger partial charge on any atom is -0.256 e. The lowest BCUT2D eigenvalue weighted by Crippen LogP contribution is -2.07. The van der Waals surface area contributed by atoms with E-state index in [0.717, 1.165) is 18.8 Å². The highest BCUT2D eigenvalue weighted by atomic mass is 14.7. The maximum absolute atomic E-state index is 4.86. The number of fused-ring (bicyclic) bond motifs is 3. The van der Waals surface area contributed by atoms with E-state index in [4.69, 9.17) is 4.98 Å². The normalized spacial score (nSPS) is 25.8. The second-order valence-corrected chi connectivity index (χ2v) is 7.93. The average Bonchev–Trinajstić information content (AvgIpc) is 3.29. The molecule has 0 aliphatic heterocycles. The molecule has 124 valence electrons. The largest absolute Gasteiger partial charge is 0.256 e. The fourth-order valence-electron chi connectivity index (χ4n) is 4.48. The van der Waals surface area contributed by atoms with Gasteiger partial charge in [0.2, 0.25) is 0 Å². The van der Waals surface area contributed by atoms with Crippen LogP contribution in [-0.4, -0.2) is 4.98 Å². The van der Waals surface area contributed by atoms with E-state index in [2.05, 4.69) is 74.7 Å². The molecule has 5 rings (SSSR count). The summed E-state index contributed by atoms with van der Waals surface area (Å²) in [6.07, 6.45) is 10.3. The predicted octanol–water partition coefficient (Wildman–Crippen LogP) is 6.54. The van der Waals surface area contributed by atoms with Gasteiger partial charge in [0.1, 0.15) is 0 Å². The average molecular weight is 325 g/mol. The summed E-state index contributed by atoms with van der Waals surface area (Å²) in [6, 6.07) is 15.4. The van der Waals surface area contributed by atoms with Crippen LogP contribution in [0.2, 0.25) is 0 Å². The monoisotopic (exact) mass is 325 g/mol. The van der Waals surface area contributed by atoms with Gasteiger partial charge in [-0.15, -0.1) is 0 Å². The molecule has 25 heavy (non-hydrogen) atoms. The molecule has 0 spiro atoms. The van der Waals surface area contributed by atoms with Crippen molar-refractivity contribution < 1.29 is 0 Å². The Morgan fingerprint density at radius 2 is 1.84 bits per heavy atom. The van der Waals surface area contributed by atoms with E-state index < -0.39 is 0 Å². The zero-order valence-electron chi connectivity index (χ0n) is 14.9. The summed E-state index contributed by atoms with van der Waals surface area (Å²) in [7, 11) is 0. The number of allylic oxidation sites excluding steroid dienone is 4. The van der Waals surface area contributed by atoms with Crippen molar-refractivity contribution in [1.82, 2.24) is 4.98 Å². The fourth-order valence-corrected chi connectivity index (χ4v) is 4.48. The minimum atomic E-state index is 0.349. The lowest BCUT2D eigenvalue weighted by Gasteiger charge is -2.22. The smallest absolute Gasteiger partial charge is 0.0671 e. The van der Waals surface area contributed by atoms with Gasteiger partial charge in [-0.25, -0.2) is 0 Å². The summed E-state index contributed by atoms with van der Waals surface area (Å²) in [4.78, 5) is 4.86. The maximum atomic E-state index is 4.86. The summed E-state index contributed by atoms with van der Waals surface area (Å²) >= 11 is 0. The molecule has 1 fully saturated rings. The van der Waals surface area contributed by atoms with E-state index in [1.807, 2.05) is 0 Å². The first-order chi connectivity index (χ1) is 12.2. The van der Waals surface area contributed by atoms with Crippen molar-refractivity contribution in [1.29, 1.82) is 0 Å². The SMILES string of the molecule is CC1CC1(C)C1=C(c2cc3c(ccc4ccccc43)cn2)CCC=C1. The summed E-state index contributed by atoms with van der Waals surface area (Å²) in [5.74, 6) is 0.779. The van der Waals surface area contributed by atoms with Crippen LogP contribution in [0.5, 0.6) is 0 Å². The number of pyridine rings is 1. The Labute approximate surface area is 149 Å². The standard InChI is InChI=1S/C24H23N/c1-16-14-24(16,2)22-10-6-5-9-20(22)23-13-21-18(15-25-23)12-11-17-7-3-4-8-19(17)21/h3-4,6-8,10-13,15-16H,5,9,14H2,1-2H3. The first-order valence-corrected chi connectivity index (χ1v) is 9.35. The number of benzene rings is 2. The van der Waals surface area contributed by atoms with E-state index in [-0.39, 0.29) is 0 Å². The molecule has 3 aromatic rings. The highest BCUT2D eigenvalue weighted by Crippen LogP contribution is 2.60. The van der Waals surface area contributed by atoms with Gasteiger partial charge in [0.05, 0.1) is 5.69 Å². The third-order valence-corrected chi connectivity index (χ3v) is 6.38. The van der Waals surface area contributed by atoms with Gasteiger partial charge < -0.3 is 0 Å². The van der Waals surface area contributed by atoms with Gasteiger partial charge >= 0.3 is 0 Å². The number of nitrogens with zero attached hydrogens (tertiary/aromatic N) is 1. The van der Waals surface area contributed by atoms with Gasteiger partial charge in [-0.3, -0.25) is 4.98 Å². The number of aromatic nitrogens is 1. The third-order valence-electron chi connectivity index (χ3n) is 6.38. The minimum absolute atomic E-state index is 0.349. The molecule has 2 aliphatic carbocycles. The molecule has 1 saturated carbocycles. The Bertz CT molecular complexity index is 1060. The van der Waals surface area contributed by atoms with Crippen molar-refractivity contribution >= 4 is 27.1 Å². The summed E-state index contributed by atoms with van der Waals surface area (Å²) in [6.45, 7) is 4.79. The van der Waals surface area contributed by atoms with Crippen LogP contribution in [0, 0.1) is 11.3 Å². The molecule has 1 aromatic heterocycles. The topological polar surface area (TPSA) is 12.9 Å². The molecule has 0 saturated heterocycles. The van der Waals surface area contributed by atoms with Crippen LogP contribution < -0.4 is 0 Å². The zero-order valence-corrected chi connectivity index (χ0v) is 14.9. The zero-order chi connectivity index (χ0) is 17.0. The second-order valence-electron chi connectivity index (χ2n) is 7.93. The Morgan fingerprint density at radius 3 is 2.68 bits per heavy atom. The molecule has 1 nitrogen and oxygen atoms in total. The lowest BCUT2D eigenvalue weighted by atomic mass is 9.84. The van der Waals surface area contributed by atoms with E-state index >= 15 is 0 Å². The van der Waals surface area contributed by atoms with Gasteiger partial charge in [0.15, 0.2) is 0 Å². The molecule has 2 aliphatic rings. The van der Waals surface area contributed by atoms with E-state index in [1.165, 1.54) is 44.8 Å². The summed E-state index contributed by atoms with van der Waals surface area (Å²) in [5, 5.41) is 5.16. The van der Waals surface area contributed by atoms with Gasteiger partial charge in [-0.1, -0.05) is 62.4 Å². The predicted molar refractivity (Wildman–Crippen MR) is 106 cm³/mol. The van der Waals surface area contributed by atoms with Gasteiger partial charge in [-0.2, -0.15) is 0 Å². The Kier molecular flexibility index (Phi) is 3.15. The Balaban J connectivity index is 1.75. The number of hydrogen-bond acceptors (Lipinski definition) is 1. The molecule has 1 heteroatoms. The molecule has 0 N–H and O–H groups in total. The summed E-state index contributed by atoms with van der Waals surface area (Å²) < 4.78 is 0. The van der Waals surface area contributed by atoms with Crippen molar-refractivity contribution in [2.45, 2.75) is 33.1 Å². The first kappa shape index (κ1) is 14.9. The van der Waals surface area contributed by atoms with Crippen molar-refractivity contribution in [3.05, 3.63) is 72.1 Å². The second kappa shape index (κ2) is 5.29.